The Morgan fingerprint density at radius 2 is 1.78 bits per heavy atom. The maximum atomic E-state index is 11.5. The van der Waals surface area contributed by atoms with Crippen LogP contribution in [0, 0.1) is 0 Å². The summed E-state index contributed by atoms with van der Waals surface area (Å²) in [6.07, 6.45) is 2.16. The van der Waals surface area contributed by atoms with Crippen LogP contribution < -0.4 is 10.6 Å². The zero-order valence-corrected chi connectivity index (χ0v) is 12.9. The average molecular weight is 305 g/mol. The van der Waals surface area contributed by atoms with Gasteiger partial charge < -0.3 is 10.6 Å². The Hall–Kier alpha value is -2.62. The number of amides is 1. The smallest absolute Gasteiger partial charge is 0.266 e. The van der Waals surface area contributed by atoms with Gasteiger partial charge in [-0.25, -0.2) is 4.99 Å². The lowest BCUT2D eigenvalue weighted by Gasteiger charge is -2.19. The van der Waals surface area contributed by atoms with Gasteiger partial charge in [-0.15, -0.1) is 0 Å². The van der Waals surface area contributed by atoms with E-state index in [1.54, 1.807) is 0 Å². The van der Waals surface area contributed by atoms with E-state index in [1.165, 1.54) is 23.2 Å². The van der Waals surface area contributed by atoms with Crippen molar-refractivity contribution in [3.05, 3.63) is 59.7 Å². The van der Waals surface area contributed by atoms with Gasteiger partial charge in [0.25, 0.3) is 5.91 Å². The van der Waals surface area contributed by atoms with Crippen LogP contribution >= 0.6 is 0 Å². The van der Waals surface area contributed by atoms with Crippen molar-refractivity contribution in [2.45, 2.75) is 18.8 Å². The highest BCUT2D eigenvalue weighted by Crippen LogP contribution is 2.38. The van der Waals surface area contributed by atoms with Crippen molar-refractivity contribution in [3.63, 3.8) is 0 Å². The van der Waals surface area contributed by atoms with E-state index in [0.717, 1.165) is 25.2 Å². The number of para-hydroxylation sites is 2. The van der Waals surface area contributed by atoms with Crippen LogP contribution in [0.3, 0.4) is 0 Å². The number of rotatable bonds is 0. The topological polar surface area (TPSA) is 53.5 Å². The predicted octanol–water partition coefficient (Wildman–Crippen LogP) is 3.03. The van der Waals surface area contributed by atoms with Crippen molar-refractivity contribution < 1.29 is 4.79 Å². The molecule has 2 aromatic carbocycles. The lowest BCUT2D eigenvalue weighted by atomic mass is 9.90. The van der Waals surface area contributed by atoms with Crippen LogP contribution in [0.1, 0.15) is 23.5 Å². The van der Waals surface area contributed by atoms with Gasteiger partial charge in [0, 0.05) is 24.7 Å². The van der Waals surface area contributed by atoms with Crippen LogP contribution in [-0.2, 0) is 11.2 Å². The maximum Gasteiger partial charge on any atom is 0.266 e. The fraction of sp³-hybridized carbons (Fsp3) is 0.263. The van der Waals surface area contributed by atoms with Gasteiger partial charge in [0.1, 0.15) is 5.71 Å². The van der Waals surface area contributed by atoms with Crippen LogP contribution in [0.2, 0.25) is 0 Å². The van der Waals surface area contributed by atoms with E-state index < -0.39 is 0 Å². The molecule has 3 heterocycles. The number of nitrogens with one attached hydrogen (secondary N) is 2. The van der Waals surface area contributed by atoms with Crippen molar-refractivity contribution in [1.82, 2.24) is 5.32 Å². The van der Waals surface area contributed by atoms with E-state index in [4.69, 9.17) is 0 Å². The third-order valence-electron chi connectivity index (χ3n) is 4.56. The number of aliphatic imine (C=N–C) groups is 1. The Morgan fingerprint density at radius 3 is 2.70 bits per heavy atom. The molecule has 1 amide bonds. The molecule has 4 heteroatoms. The summed E-state index contributed by atoms with van der Waals surface area (Å²) in [5.74, 6) is 0.234. The second-order valence-corrected chi connectivity index (χ2v) is 5.99. The largest absolute Gasteiger partial charge is 0.384 e. The highest BCUT2D eigenvalue weighted by Gasteiger charge is 2.33. The van der Waals surface area contributed by atoms with E-state index in [2.05, 4.69) is 46.0 Å². The average Bonchev–Trinajstić information content (AvgIpc) is 3.20. The van der Waals surface area contributed by atoms with Crippen molar-refractivity contribution in [3.8, 4) is 0 Å². The first-order valence-electron chi connectivity index (χ1n) is 8.10. The fourth-order valence-corrected chi connectivity index (χ4v) is 3.40. The zero-order chi connectivity index (χ0) is 15.6. The summed E-state index contributed by atoms with van der Waals surface area (Å²) >= 11 is 0. The number of hydrogen-bond donors (Lipinski definition) is 2. The Morgan fingerprint density at radius 1 is 0.957 bits per heavy atom. The zero-order valence-electron chi connectivity index (χ0n) is 12.9. The van der Waals surface area contributed by atoms with Gasteiger partial charge in [-0.1, -0.05) is 36.4 Å². The van der Waals surface area contributed by atoms with Crippen molar-refractivity contribution >= 4 is 23.0 Å². The molecule has 0 bridgehead atoms. The van der Waals surface area contributed by atoms with Gasteiger partial charge in [-0.05, 0) is 36.1 Å². The SMILES string of the molecule is O=C1NCCC2C1=Nc1ccccc12.c1ccc2c(c1)CCN2. The van der Waals surface area contributed by atoms with E-state index >= 15 is 0 Å². The monoisotopic (exact) mass is 305 g/mol. The number of piperidine rings is 1. The molecule has 5 rings (SSSR count). The molecule has 1 atom stereocenters. The van der Waals surface area contributed by atoms with E-state index in [0.29, 0.717) is 5.71 Å². The Labute approximate surface area is 135 Å². The molecule has 1 saturated heterocycles. The number of anilines is 1. The number of carbonyl (C=O) groups excluding carboxylic acids is 1. The molecule has 0 radical (unpaired) electrons. The van der Waals surface area contributed by atoms with E-state index in [1.807, 2.05) is 18.2 Å². The van der Waals surface area contributed by atoms with Gasteiger partial charge >= 0.3 is 0 Å². The van der Waals surface area contributed by atoms with Crippen molar-refractivity contribution in [2.75, 3.05) is 18.4 Å². The Bertz CT molecular complexity index is 759. The lowest BCUT2D eigenvalue weighted by molar-refractivity contribution is -0.115. The molecule has 0 aromatic heterocycles. The molecule has 3 aliphatic rings. The van der Waals surface area contributed by atoms with Crippen molar-refractivity contribution in [1.29, 1.82) is 0 Å². The summed E-state index contributed by atoms with van der Waals surface area (Å²) in [7, 11) is 0. The van der Waals surface area contributed by atoms with Gasteiger partial charge in [-0.2, -0.15) is 0 Å². The molecule has 1 unspecified atom stereocenters. The van der Waals surface area contributed by atoms with Crippen molar-refractivity contribution in [2.24, 2.45) is 4.99 Å². The molecule has 116 valence electrons. The molecule has 23 heavy (non-hydrogen) atoms. The number of hydrogen-bond acceptors (Lipinski definition) is 3. The molecule has 0 aliphatic carbocycles. The molecule has 2 aromatic rings. The minimum absolute atomic E-state index is 0.00236. The van der Waals surface area contributed by atoms with Gasteiger partial charge in [-0.3, -0.25) is 4.79 Å². The quantitative estimate of drug-likeness (QED) is 0.786. The van der Waals surface area contributed by atoms with Crippen LogP contribution in [-0.4, -0.2) is 24.7 Å². The molecule has 1 fully saturated rings. The minimum atomic E-state index is -0.00236. The molecule has 0 spiro atoms. The Balaban J connectivity index is 0.000000130. The Kier molecular flexibility index (Phi) is 3.58. The highest BCUT2D eigenvalue weighted by atomic mass is 16.2. The second-order valence-electron chi connectivity index (χ2n) is 5.99. The van der Waals surface area contributed by atoms with Crippen LogP contribution in [0.4, 0.5) is 11.4 Å². The molecular formula is C19H19N3O. The molecule has 3 aliphatic heterocycles. The van der Waals surface area contributed by atoms with Gasteiger partial charge in [0.2, 0.25) is 0 Å². The maximum absolute atomic E-state index is 11.5. The third-order valence-corrected chi connectivity index (χ3v) is 4.56. The standard InChI is InChI=1S/C11H10N2O.C8H9N/c14-11-10-8(5-6-12-11)7-3-1-2-4-9(7)13-10;1-2-4-8-7(3-1)5-6-9-8/h1-4,8H,5-6H2,(H,12,14);1-4,9H,5-6H2. The molecule has 2 N–H and O–H groups in total. The molecule has 4 nitrogen and oxygen atoms in total. The highest BCUT2D eigenvalue weighted by molar-refractivity contribution is 6.43. The number of nitrogens with zero attached hydrogens (tertiary/aromatic N) is 1. The predicted molar refractivity (Wildman–Crippen MR) is 92.5 cm³/mol. The van der Waals surface area contributed by atoms with Crippen LogP contribution in [0.25, 0.3) is 0 Å². The second kappa shape index (κ2) is 5.88. The van der Waals surface area contributed by atoms with Crippen LogP contribution in [0.5, 0.6) is 0 Å². The summed E-state index contributed by atoms with van der Waals surface area (Å²) < 4.78 is 0. The first kappa shape index (κ1) is 14.0. The van der Waals surface area contributed by atoms with Gasteiger partial charge in [0.05, 0.1) is 5.69 Å². The summed E-state index contributed by atoms with van der Waals surface area (Å²) in [5, 5.41) is 6.12. The summed E-state index contributed by atoms with van der Waals surface area (Å²) in [5.41, 5.74) is 5.63. The first-order chi connectivity index (χ1) is 11.3. The summed E-state index contributed by atoms with van der Waals surface area (Å²) in [4.78, 5) is 15.9. The minimum Gasteiger partial charge on any atom is -0.384 e. The lowest BCUT2D eigenvalue weighted by Crippen LogP contribution is -2.40. The first-order valence-corrected chi connectivity index (χ1v) is 8.10. The molecule has 0 saturated carbocycles. The third kappa shape index (κ3) is 2.61. The van der Waals surface area contributed by atoms with E-state index in [-0.39, 0.29) is 11.8 Å². The summed E-state index contributed by atoms with van der Waals surface area (Å²) in [6, 6.07) is 16.5. The molecular weight excluding hydrogens is 286 g/mol. The number of carbonyl (C=O) groups is 1. The number of benzene rings is 2. The normalized spacial score (nSPS) is 20.1. The van der Waals surface area contributed by atoms with Gasteiger partial charge in [0.15, 0.2) is 0 Å². The number of fused-ring (bicyclic) bond motifs is 4. The van der Waals surface area contributed by atoms with Crippen LogP contribution in [0.15, 0.2) is 53.5 Å². The van der Waals surface area contributed by atoms with E-state index in [9.17, 15) is 4.79 Å². The fourth-order valence-electron chi connectivity index (χ4n) is 3.40. The summed E-state index contributed by atoms with van der Waals surface area (Å²) in [6.45, 7) is 1.87.